The number of aromatic nitrogens is 1. The second kappa shape index (κ2) is 10.0. The first kappa shape index (κ1) is 22.7. The lowest BCUT2D eigenvalue weighted by Crippen LogP contribution is -2.46. The number of hydrogen-bond acceptors (Lipinski definition) is 8. The minimum atomic E-state index is -1.77. The number of morpholine rings is 1. The van der Waals surface area contributed by atoms with Crippen molar-refractivity contribution in [2.24, 2.45) is 0 Å². The average Bonchev–Trinajstić information content (AvgIpc) is 3.22. The number of pyridine rings is 1. The number of piperazine rings is 1. The summed E-state index contributed by atoms with van der Waals surface area (Å²) < 4.78 is 27.0. The molecule has 0 aliphatic carbocycles. The van der Waals surface area contributed by atoms with Crippen molar-refractivity contribution < 1.29 is 13.5 Å². The van der Waals surface area contributed by atoms with Gasteiger partial charge in [-0.2, -0.15) is 0 Å². The predicted octanol–water partition coefficient (Wildman–Crippen LogP) is 2.68. The van der Waals surface area contributed by atoms with Crippen molar-refractivity contribution in [2.45, 2.75) is 6.54 Å². The summed E-state index contributed by atoms with van der Waals surface area (Å²) >= 11 is 0.0493. The molecule has 1 aromatic carbocycles. The highest BCUT2D eigenvalue weighted by molar-refractivity contribution is 7.79. The maximum atomic E-state index is 11.1. The highest BCUT2D eigenvalue weighted by Gasteiger charge is 2.22. The number of nitrogens with zero attached hydrogens (tertiary/aromatic N) is 4. The Morgan fingerprint density at radius 1 is 1.06 bits per heavy atom. The lowest BCUT2D eigenvalue weighted by atomic mass is 10.1. The van der Waals surface area contributed by atoms with Crippen LogP contribution in [0.2, 0.25) is 0 Å². The second-order valence-electron chi connectivity index (χ2n) is 8.53. The highest BCUT2D eigenvalue weighted by atomic mass is 32.2. The summed E-state index contributed by atoms with van der Waals surface area (Å²) in [5, 5.41) is 1.21. The number of nitrogens with two attached hydrogens (primary N) is 1. The Balaban J connectivity index is 1.43. The van der Waals surface area contributed by atoms with Gasteiger partial charge >= 0.3 is 0 Å². The molecule has 0 amide bonds. The first-order chi connectivity index (χ1) is 16.0. The number of nitrogen functional groups attached to an aromatic ring is 1. The summed E-state index contributed by atoms with van der Waals surface area (Å²) in [6.45, 7) is 7.41. The van der Waals surface area contributed by atoms with E-state index in [1.807, 2.05) is 29.5 Å². The third-order valence-corrected chi connectivity index (χ3v) is 7.88. The van der Waals surface area contributed by atoms with Crippen molar-refractivity contribution in [1.29, 1.82) is 0 Å². The van der Waals surface area contributed by atoms with Crippen LogP contribution < -0.4 is 10.6 Å². The largest absolute Gasteiger partial charge is 0.399 e. The van der Waals surface area contributed by atoms with E-state index in [0.29, 0.717) is 13.2 Å². The van der Waals surface area contributed by atoms with Crippen LogP contribution in [0.15, 0.2) is 36.4 Å². The van der Waals surface area contributed by atoms with Gasteiger partial charge in [0.2, 0.25) is 0 Å². The van der Waals surface area contributed by atoms with E-state index in [1.165, 1.54) is 15.0 Å². The van der Waals surface area contributed by atoms with Gasteiger partial charge in [0.05, 0.1) is 23.6 Å². The normalized spacial score (nSPS) is 19.2. The number of thiophene rings is 1. The van der Waals surface area contributed by atoms with E-state index < -0.39 is 11.1 Å². The monoisotopic (exact) mass is 487 g/mol. The minimum absolute atomic E-state index is 0.234. The summed E-state index contributed by atoms with van der Waals surface area (Å²) in [7, 11) is 0. The maximum absolute atomic E-state index is 11.1. The molecule has 2 aromatic heterocycles. The lowest BCUT2D eigenvalue weighted by molar-refractivity contribution is 0.122. The van der Waals surface area contributed by atoms with E-state index in [9.17, 15) is 4.21 Å². The van der Waals surface area contributed by atoms with E-state index in [1.54, 1.807) is 0 Å². The Labute approximate surface area is 200 Å². The molecule has 0 saturated carbocycles. The number of rotatable bonds is 6. The van der Waals surface area contributed by atoms with Gasteiger partial charge in [0.15, 0.2) is 11.1 Å². The van der Waals surface area contributed by atoms with Crippen LogP contribution in [0.3, 0.4) is 0 Å². The molecule has 0 radical (unpaired) electrons. The van der Waals surface area contributed by atoms with Crippen LogP contribution in [0.4, 0.5) is 11.5 Å². The topological polar surface area (TPSA) is 95.2 Å². The van der Waals surface area contributed by atoms with Crippen molar-refractivity contribution in [1.82, 2.24) is 14.8 Å². The summed E-state index contributed by atoms with van der Waals surface area (Å²) in [4.78, 5) is 13.2. The smallest absolute Gasteiger partial charge is 0.167 e. The van der Waals surface area contributed by atoms with Crippen molar-refractivity contribution >= 4 is 44.0 Å². The zero-order valence-corrected chi connectivity index (χ0v) is 20.1. The third kappa shape index (κ3) is 5.37. The van der Waals surface area contributed by atoms with Gasteiger partial charge in [-0.25, -0.2) is 9.19 Å². The molecule has 0 spiro atoms. The predicted molar refractivity (Wildman–Crippen MR) is 135 cm³/mol. The minimum Gasteiger partial charge on any atom is -0.399 e. The Hall–Kier alpha value is -2.08. The molecule has 8 nitrogen and oxygen atoms in total. The van der Waals surface area contributed by atoms with Gasteiger partial charge in [-0.1, -0.05) is 12.1 Å². The van der Waals surface area contributed by atoms with E-state index in [2.05, 4.69) is 32.9 Å². The molecule has 3 N–H and O–H groups in total. The van der Waals surface area contributed by atoms with Crippen molar-refractivity contribution in [3.8, 4) is 11.3 Å². The molecule has 10 heteroatoms. The van der Waals surface area contributed by atoms with Crippen LogP contribution in [-0.4, -0.2) is 81.9 Å². The van der Waals surface area contributed by atoms with Crippen molar-refractivity contribution in [3.05, 3.63) is 41.3 Å². The first-order valence-corrected chi connectivity index (χ1v) is 13.3. The zero-order chi connectivity index (χ0) is 22.8. The Kier molecular flexibility index (Phi) is 6.91. The number of fused-ring (bicyclic) bond motifs is 1. The van der Waals surface area contributed by atoms with Crippen LogP contribution in [-0.2, 0) is 22.4 Å². The molecule has 1 unspecified atom stereocenters. The number of ether oxygens (including phenoxy) is 1. The molecule has 2 saturated heterocycles. The molecule has 2 aliphatic rings. The number of benzene rings is 1. The molecule has 2 fully saturated rings. The van der Waals surface area contributed by atoms with E-state index in [-0.39, 0.29) is 5.88 Å². The first-order valence-electron chi connectivity index (χ1n) is 11.2. The Morgan fingerprint density at radius 3 is 2.55 bits per heavy atom. The Bertz CT molecular complexity index is 1140. The average molecular weight is 488 g/mol. The quantitative estimate of drug-likeness (QED) is 0.405. The molecule has 5 rings (SSSR count). The van der Waals surface area contributed by atoms with Gasteiger partial charge in [0.1, 0.15) is 11.7 Å². The summed E-state index contributed by atoms with van der Waals surface area (Å²) in [6, 6.07) is 12.4. The van der Waals surface area contributed by atoms with Gasteiger partial charge in [0.25, 0.3) is 0 Å². The van der Waals surface area contributed by atoms with Crippen molar-refractivity contribution in [2.75, 3.05) is 69.0 Å². The fourth-order valence-electron chi connectivity index (χ4n) is 4.45. The van der Waals surface area contributed by atoms with Crippen LogP contribution in [0.25, 0.3) is 21.3 Å². The van der Waals surface area contributed by atoms with Crippen LogP contribution in [0, 0.1) is 0 Å². The molecular weight excluding hydrogens is 458 g/mol. The number of anilines is 2. The fourth-order valence-corrected chi connectivity index (χ4v) is 6.22. The molecule has 4 heterocycles. The fraction of sp³-hybridized carbons (Fsp3) is 0.435. The SMILES string of the molecule is Nc1cccc(-c2cc3cc(CN4CCN(CS(=O)O)CC4)sc3c(N3CCOCC3)n2)c1. The molecular formula is C23H29N5O3S2. The zero-order valence-electron chi connectivity index (χ0n) is 18.5. The summed E-state index contributed by atoms with van der Waals surface area (Å²) in [5.41, 5.74) is 8.74. The van der Waals surface area contributed by atoms with Gasteiger partial charge in [-0.05, 0) is 29.7 Å². The van der Waals surface area contributed by atoms with Crippen LogP contribution >= 0.6 is 11.3 Å². The van der Waals surface area contributed by atoms with Crippen molar-refractivity contribution in [3.63, 3.8) is 0 Å². The van der Waals surface area contributed by atoms with Gasteiger partial charge in [-0.15, -0.1) is 11.3 Å². The number of hydrogen-bond donors (Lipinski definition) is 2. The van der Waals surface area contributed by atoms with Crippen LogP contribution in [0.5, 0.6) is 0 Å². The van der Waals surface area contributed by atoms with Gasteiger partial charge in [-0.3, -0.25) is 9.80 Å². The van der Waals surface area contributed by atoms with E-state index in [0.717, 1.165) is 68.6 Å². The lowest BCUT2D eigenvalue weighted by Gasteiger charge is -2.33. The van der Waals surface area contributed by atoms with Crippen LogP contribution in [0.1, 0.15) is 4.88 Å². The second-order valence-corrected chi connectivity index (χ2v) is 10.6. The highest BCUT2D eigenvalue weighted by Crippen LogP contribution is 2.37. The molecule has 176 valence electrons. The Morgan fingerprint density at radius 2 is 1.82 bits per heavy atom. The standard InChI is InChI=1S/C23H29N5O3S2/c24-19-3-1-2-17(12-19)21-14-18-13-20(15-26-4-6-27(7-5-26)16-33(29)30)32-22(18)23(25-21)28-8-10-31-11-9-28/h1-3,12-14H,4-11,15-16,24H2,(H,29,30). The molecule has 1 atom stereocenters. The molecule has 0 bridgehead atoms. The molecule has 3 aromatic rings. The molecule has 2 aliphatic heterocycles. The van der Waals surface area contributed by atoms with Gasteiger partial charge < -0.3 is 19.9 Å². The van der Waals surface area contributed by atoms with Gasteiger partial charge in [0, 0.05) is 61.9 Å². The van der Waals surface area contributed by atoms with E-state index in [4.69, 9.17) is 20.0 Å². The summed E-state index contributed by atoms with van der Waals surface area (Å²) in [5.74, 6) is 1.26. The molecule has 33 heavy (non-hydrogen) atoms. The summed E-state index contributed by atoms with van der Waals surface area (Å²) in [6.07, 6.45) is 0. The third-order valence-electron chi connectivity index (χ3n) is 6.16. The maximum Gasteiger partial charge on any atom is 0.167 e. The van der Waals surface area contributed by atoms with E-state index >= 15 is 0 Å².